The molecule has 0 aliphatic carbocycles. The predicted molar refractivity (Wildman–Crippen MR) is 54.4 cm³/mol. The molecule has 2 rings (SSSR count). The molecular formula is C10H11NS. The third kappa shape index (κ3) is 1.13. The van der Waals surface area contributed by atoms with Gasteiger partial charge in [0.15, 0.2) is 0 Å². The molecule has 0 saturated carbocycles. The first-order chi connectivity index (χ1) is 5.79. The smallest absolute Gasteiger partial charge is 0.0346 e. The van der Waals surface area contributed by atoms with E-state index in [9.17, 15) is 0 Å². The third-order valence-electron chi connectivity index (χ3n) is 2.00. The van der Waals surface area contributed by atoms with Crippen molar-refractivity contribution >= 4 is 21.4 Å². The lowest BCUT2D eigenvalue weighted by molar-refractivity contribution is 0.830. The zero-order valence-electron chi connectivity index (χ0n) is 6.95. The van der Waals surface area contributed by atoms with Crippen molar-refractivity contribution in [1.29, 1.82) is 0 Å². The van der Waals surface area contributed by atoms with Gasteiger partial charge in [0.05, 0.1) is 0 Å². The molecule has 0 aliphatic heterocycles. The molecule has 0 fully saturated rings. The molecule has 12 heavy (non-hydrogen) atoms. The molecule has 0 bridgehead atoms. The molecular weight excluding hydrogens is 166 g/mol. The molecule has 1 heterocycles. The molecule has 2 heteroatoms. The quantitative estimate of drug-likeness (QED) is 0.712. The van der Waals surface area contributed by atoms with Crippen LogP contribution in [0.2, 0.25) is 0 Å². The van der Waals surface area contributed by atoms with Crippen molar-refractivity contribution in [2.45, 2.75) is 13.0 Å². The fourth-order valence-corrected chi connectivity index (χ4v) is 2.42. The van der Waals surface area contributed by atoms with E-state index in [1.807, 2.05) is 6.92 Å². The van der Waals surface area contributed by atoms with Crippen molar-refractivity contribution in [2.24, 2.45) is 5.73 Å². The summed E-state index contributed by atoms with van der Waals surface area (Å²) in [5.41, 5.74) is 7.09. The van der Waals surface area contributed by atoms with E-state index in [1.165, 1.54) is 15.6 Å². The molecule has 2 N–H and O–H groups in total. The van der Waals surface area contributed by atoms with Crippen LogP contribution in [-0.4, -0.2) is 0 Å². The zero-order chi connectivity index (χ0) is 8.55. The minimum atomic E-state index is 0.140. The molecule has 1 nitrogen and oxygen atoms in total. The maximum absolute atomic E-state index is 5.83. The lowest BCUT2D eigenvalue weighted by Gasteiger charge is -2.01. The number of rotatable bonds is 1. The first kappa shape index (κ1) is 7.77. The second-order valence-corrected chi connectivity index (χ2v) is 3.89. The predicted octanol–water partition coefficient (Wildman–Crippen LogP) is 2.92. The minimum Gasteiger partial charge on any atom is -0.324 e. The molecule has 1 aromatic carbocycles. The molecule has 0 radical (unpaired) electrons. The van der Waals surface area contributed by atoms with Crippen LogP contribution in [0.4, 0.5) is 0 Å². The van der Waals surface area contributed by atoms with Crippen LogP contribution in [-0.2, 0) is 0 Å². The van der Waals surface area contributed by atoms with E-state index in [0.29, 0.717) is 0 Å². The first-order valence-corrected chi connectivity index (χ1v) is 4.88. The van der Waals surface area contributed by atoms with E-state index >= 15 is 0 Å². The summed E-state index contributed by atoms with van der Waals surface area (Å²) in [7, 11) is 0. The normalized spacial score (nSPS) is 13.5. The SMILES string of the molecule is CC(N)c1csc2ccccc12. The second kappa shape index (κ2) is 2.88. The summed E-state index contributed by atoms with van der Waals surface area (Å²) in [6.07, 6.45) is 0. The van der Waals surface area contributed by atoms with Crippen molar-refractivity contribution in [3.05, 3.63) is 35.2 Å². The van der Waals surface area contributed by atoms with Crippen LogP contribution in [0.15, 0.2) is 29.6 Å². The monoisotopic (exact) mass is 177 g/mol. The fraction of sp³-hybridized carbons (Fsp3) is 0.200. The Morgan fingerprint density at radius 2 is 2.08 bits per heavy atom. The number of nitrogens with two attached hydrogens (primary N) is 1. The number of thiophene rings is 1. The summed E-state index contributed by atoms with van der Waals surface area (Å²) in [6, 6.07) is 8.52. The van der Waals surface area contributed by atoms with Gasteiger partial charge in [0.2, 0.25) is 0 Å². The van der Waals surface area contributed by atoms with Gasteiger partial charge in [0.1, 0.15) is 0 Å². The molecule has 1 atom stereocenters. The first-order valence-electron chi connectivity index (χ1n) is 4.01. The minimum absolute atomic E-state index is 0.140. The highest BCUT2D eigenvalue weighted by Gasteiger charge is 2.05. The largest absolute Gasteiger partial charge is 0.324 e. The van der Waals surface area contributed by atoms with E-state index < -0.39 is 0 Å². The molecule has 62 valence electrons. The Hall–Kier alpha value is -0.860. The van der Waals surface area contributed by atoms with E-state index in [4.69, 9.17) is 5.73 Å². The van der Waals surface area contributed by atoms with Gasteiger partial charge >= 0.3 is 0 Å². The second-order valence-electron chi connectivity index (χ2n) is 2.98. The Kier molecular flexibility index (Phi) is 1.87. The highest BCUT2D eigenvalue weighted by atomic mass is 32.1. The maximum atomic E-state index is 5.83. The molecule has 0 spiro atoms. The number of benzene rings is 1. The molecule has 0 aliphatic rings. The van der Waals surface area contributed by atoms with Crippen molar-refractivity contribution in [2.75, 3.05) is 0 Å². The lowest BCUT2D eigenvalue weighted by atomic mass is 10.1. The Morgan fingerprint density at radius 1 is 1.33 bits per heavy atom. The van der Waals surface area contributed by atoms with Crippen LogP contribution < -0.4 is 5.73 Å². The van der Waals surface area contributed by atoms with Crippen LogP contribution in [0.5, 0.6) is 0 Å². The number of hydrogen-bond acceptors (Lipinski definition) is 2. The van der Waals surface area contributed by atoms with Gasteiger partial charge in [-0.3, -0.25) is 0 Å². The molecule has 2 aromatic rings. The summed E-state index contributed by atoms with van der Waals surface area (Å²) in [5, 5.41) is 3.45. The average molecular weight is 177 g/mol. The van der Waals surface area contributed by atoms with Crippen molar-refractivity contribution in [3.63, 3.8) is 0 Å². The topological polar surface area (TPSA) is 26.0 Å². The summed E-state index contributed by atoms with van der Waals surface area (Å²) in [5.74, 6) is 0. The van der Waals surface area contributed by atoms with Crippen LogP contribution in [0.25, 0.3) is 10.1 Å². The molecule has 0 amide bonds. The van der Waals surface area contributed by atoms with Gasteiger partial charge in [-0.2, -0.15) is 0 Å². The maximum Gasteiger partial charge on any atom is 0.0346 e. The van der Waals surface area contributed by atoms with Gasteiger partial charge in [0, 0.05) is 10.7 Å². The highest BCUT2D eigenvalue weighted by Crippen LogP contribution is 2.28. The number of hydrogen-bond donors (Lipinski definition) is 1. The Morgan fingerprint density at radius 3 is 2.83 bits per heavy atom. The summed E-state index contributed by atoms with van der Waals surface area (Å²) in [4.78, 5) is 0. The molecule has 1 aromatic heterocycles. The third-order valence-corrected chi connectivity index (χ3v) is 2.98. The van der Waals surface area contributed by atoms with Crippen LogP contribution in [0.1, 0.15) is 18.5 Å². The van der Waals surface area contributed by atoms with E-state index in [2.05, 4.69) is 29.6 Å². The number of fused-ring (bicyclic) bond motifs is 1. The standard InChI is InChI=1S/C10H11NS/c1-7(11)9-6-12-10-5-3-2-4-8(9)10/h2-7H,11H2,1H3. The van der Waals surface area contributed by atoms with E-state index in [1.54, 1.807) is 11.3 Å². The van der Waals surface area contributed by atoms with Gasteiger partial charge in [-0.05, 0) is 29.3 Å². The van der Waals surface area contributed by atoms with Crippen LogP contribution >= 0.6 is 11.3 Å². The highest BCUT2D eigenvalue weighted by molar-refractivity contribution is 7.17. The summed E-state index contributed by atoms with van der Waals surface area (Å²) < 4.78 is 1.32. The molecule has 1 unspecified atom stereocenters. The Bertz CT molecular complexity index is 389. The summed E-state index contributed by atoms with van der Waals surface area (Å²) >= 11 is 1.76. The van der Waals surface area contributed by atoms with E-state index in [0.717, 1.165) is 0 Å². The lowest BCUT2D eigenvalue weighted by Crippen LogP contribution is -2.03. The molecule has 0 saturated heterocycles. The Balaban J connectivity index is 2.70. The average Bonchev–Trinajstić information content (AvgIpc) is 2.47. The van der Waals surface area contributed by atoms with E-state index in [-0.39, 0.29) is 6.04 Å². The van der Waals surface area contributed by atoms with Crippen molar-refractivity contribution < 1.29 is 0 Å². The zero-order valence-corrected chi connectivity index (χ0v) is 7.77. The van der Waals surface area contributed by atoms with Gasteiger partial charge in [-0.1, -0.05) is 18.2 Å². The van der Waals surface area contributed by atoms with Crippen LogP contribution in [0.3, 0.4) is 0 Å². The fourth-order valence-electron chi connectivity index (χ4n) is 1.35. The van der Waals surface area contributed by atoms with Gasteiger partial charge in [0.25, 0.3) is 0 Å². The van der Waals surface area contributed by atoms with Crippen molar-refractivity contribution in [1.82, 2.24) is 0 Å². The Labute approximate surface area is 75.8 Å². The van der Waals surface area contributed by atoms with Crippen LogP contribution in [0, 0.1) is 0 Å². The van der Waals surface area contributed by atoms with Gasteiger partial charge in [-0.25, -0.2) is 0 Å². The van der Waals surface area contributed by atoms with Gasteiger partial charge in [-0.15, -0.1) is 11.3 Å². The van der Waals surface area contributed by atoms with Crippen molar-refractivity contribution in [3.8, 4) is 0 Å². The summed E-state index contributed by atoms with van der Waals surface area (Å²) in [6.45, 7) is 2.02. The van der Waals surface area contributed by atoms with Gasteiger partial charge < -0.3 is 5.73 Å².